The molecule has 0 amide bonds. The summed E-state index contributed by atoms with van der Waals surface area (Å²) in [5, 5.41) is 12.4. The van der Waals surface area contributed by atoms with Crippen LogP contribution in [-0.4, -0.2) is 4.98 Å². The highest BCUT2D eigenvalue weighted by Gasteiger charge is 2.18. The largest absolute Gasteiger partial charge is 0.379 e. The zero-order chi connectivity index (χ0) is 13.7. The lowest BCUT2D eigenvalue weighted by Gasteiger charge is -2.16. The van der Waals surface area contributed by atoms with E-state index < -0.39 is 5.41 Å². The summed E-state index contributed by atoms with van der Waals surface area (Å²) in [5.41, 5.74) is 2.62. The zero-order valence-corrected chi connectivity index (χ0v) is 11.2. The average Bonchev–Trinajstić information content (AvgIpc) is 2.47. The Labute approximate surface area is 113 Å². The lowest BCUT2D eigenvalue weighted by molar-refractivity contribution is 0.687. The number of nitrogens with zero attached hydrogens (tertiary/aromatic N) is 2. The highest BCUT2D eigenvalue weighted by Crippen LogP contribution is 2.23. The molecule has 0 bridgehead atoms. The number of aromatic nitrogens is 1. The Morgan fingerprint density at radius 3 is 2.47 bits per heavy atom. The Hall–Kier alpha value is -2.34. The zero-order valence-electron chi connectivity index (χ0n) is 11.2. The van der Waals surface area contributed by atoms with Gasteiger partial charge >= 0.3 is 0 Å². The van der Waals surface area contributed by atoms with Crippen LogP contribution in [0.2, 0.25) is 0 Å². The van der Waals surface area contributed by atoms with Crippen molar-refractivity contribution in [2.75, 3.05) is 5.32 Å². The van der Waals surface area contributed by atoms with Crippen LogP contribution in [0.3, 0.4) is 0 Å². The highest BCUT2D eigenvalue weighted by atomic mass is 14.9. The molecular formula is C16H17N3. The van der Waals surface area contributed by atoms with Crippen LogP contribution in [0.25, 0.3) is 0 Å². The first kappa shape index (κ1) is 13.1. The van der Waals surface area contributed by atoms with Gasteiger partial charge in [0.25, 0.3) is 0 Å². The first-order valence-corrected chi connectivity index (χ1v) is 6.27. The van der Waals surface area contributed by atoms with Crippen LogP contribution in [-0.2, 0) is 12.0 Å². The van der Waals surface area contributed by atoms with E-state index in [1.54, 1.807) is 6.20 Å². The molecule has 96 valence electrons. The molecule has 0 aliphatic rings. The fourth-order valence-corrected chi connectivity index (χ4v) is 1.76. The van der Waals surface area contributed by atoms with Gasteiger partial charge in [0, 0.05) is 11.9 Å². The van der Waals surface area contributed by atoms with Crippen molar-refractivity contribution >= 4 is 5.69 Å². The molecule has 1 N–H and O–H groups in total. The minimum absolute atomic E-state index is 0.445. The fourth-order valence-electron chi connectivity index (χ4n) is 1.76. The molecule has 1 aromatic carbocycles. The lowest BCUT2D eigenvalue weighted by atomic mass is 9.86. The minimum atomic E-state index is -0.445. The minimum Gasteiger partial charge on any atom is -0.379 e. The molecule has 1 heterocycles. The molecule has 0 saturated carbocycles. The van der Waals surface area contributed by atoms with E-state index in [9.17, 15) is 0 Å². The Balaban J connectivity index is 2.02. The van der Waals surface area contributed by atoms with Crippen LogP contribution >= 0.6 is 0 Å². The maximum absolute atomic E-state index is 9.09. The normalized spacial score (nSPS) is 10.8. The first-order chi connectivity index (χ1) is 9.12. The number of hydrogen-bond acceptors (Lipinski definition) is 3. The predicted molar refractivity (Wildman–Crippen MR) is 76.6 cm³/mol. The molecule has 3 heteroatoms. The number of nitriles is 1. The second-order valence-electron chi connectivity index (χ2n) is 4.99. The molecule has 1 aromatic heterocycles. The quantitative estimate of drug-likeness (QED) is 0.904. The van der Waals surface area contributed by atoms with E-state index >= 15 is 0 Å². The Morgan fingerprint density at radius 1 is 1.16 bits per heavy atom. The summed E-state index contributed by atoms with van der Waals surface area (Å²) in [6, 6.07) is 16.1. The third-order valence-corrected chi connectivity index (χ3v) is 3.09. The van der Waals surface area contributed by atoms with Gasteiger partial charge in [-0.05, 0) is 43.7 Å². The van der Waals surface area contributed by atoms with Crippen molar-refractivity contribution in [2.45, 2.75) is 25.8 Å². The Morgan fingerprint density at radius 2 is 1.89 bits per heavy atom. The standard InChI is InChI=1S/C16H17N3/c1-16(2,12-17)13-6-8-14(9-7-13)19-11-15-5-3-4-10-18-15/h3-10,19H,11H2,1-2H3. The van der Waals surface area contributed by atoms with E-state index in [2.05, 4.69) is 16.4 Å². The summed E-state index contributed by atoms with van der Waals surface area (Å²) >= 11 is 0. The van der Waals surface area contributed by atoms with Crippen LogP contribution in [0.4, 0.5) is 5.69 Å². The van der Waals surface area contributed by atoms with Crippen molar-refractivity contribution < 1.29 is 0 Å². The third-order valence-electron chi connectivity index (χ3n) is 3.09. The number of pyridine rings is 1. The van der Waals surface area contributed by atoms with E-state index in [4.69, 9.17) is 5.26 Å². The SMILES string of the molecule is CC(C)(C#N)c1ccc(NCc2ccccn2)cc1. The van der Waals surface area contributed by atoms with Crippen LogP contribution in [0.5, 0.6) is 0 Å². The lowest BCUT2D eigenvalue weighted by Crippen LogP contribution is -2.13. The van der Waals surface area contributed by atoms with E-state index in [0.29, 0.717) is 6.54 Å². The van der Waals surface area contributed by atoms with E-state index in [-0.39, 0.29) is 0 Å². The molecule has 0 aliphatic heterocycles. The second-order valence-corrected chi connectivity index (χ2v) is 4.99. The van der Waals surface area contributed by atoms with Crippen molar-refractivity contribution in [1.82, 2.24) is 4.98 Å². The third kappa shape index (κ3) is 3.32. The average molecular weight is 251 g/mol. The number of rotatable bonds is 4. The molecule has 0 saturated heterocycles. The van der Waals surface area contributed by atoms with Gasteiger partial charge < -0.3 is 5.32 Å². The summed E-state index contributed by atoms with van der Waals surface area (Å²) in [4.78, 5) is 4.26. The van der Waals surface area contributed by atoms with Gasteiger partial charge in [0.15, 0.2) is 0 Å². The molecule has 3 nitrogen and oxygen atoms in total. The van der Waals surface area contributed by atoms with Gasteiger partial charge in [0.2, 0.25) is 0 Å². The van der Waals surface area contributed by atoms with Crippen molar-refractivity contribution in [2.24, 2.45) is 0 Å². The molecule has 0 radical (unpaired) electrons. The summed E-state index contributed by atoms with van der Waals surface area (Å²) in [7, 11) is 0. The Kier molecular flexibility index (Phi) is 3.82. The molecule has 0 atom stereocenters. The van der Waals surface area contributed by atoms with Crippen LogP contribution in [0.1, 0.15) is 25.1 Å². The summed E-state index contributed by atoms with van der Waals surface area (Å²) < 4.78 is 0. The smallest absolute Gasteiger partial charge is 0.0766 e. The van der Waals surface area contributed by atoms with Crippen LogP contribution in [0, 0.1) is 11.3 Å². The molecule has 19 heavy (non-hydrogen) atoms. The van der Waals surface area contributed by atoms with Gasteiger partial charge in [-0.25, -0.2) is 0 Å². The maximum atomic E-state index is 9.09. The predicted octanol–water partition coefficient (Wildman–Crippen LogP) is 3.49. The van der Waals surface area contributed by atoms with Gasteiger partial charge in [-0.3, -0.25) is 4.98 Å². The topological polar surface area (TPSA) is 48.7 Å². The summed E-state index contributed by atoms with van der Waals surface area (Å²) in [6.45, 7) is 4.54. The number of nitrogens with one attached hydrogen (secondary N) is 1. The number of anilines is 1. The summed E-state index contributed by atoms with van der Waals surface area (Å²) in [5.74, 6) is 0. The van der Waals surface area contributed by atoms with Gasteiger partial charge in [-0.2, -0.15) is 5.26 Å². The molecular weight excluding hydrogens is 234 g/mol. The number of benzene rings is 1. The van der Waals surface area contributed by atoms with Gasteiger partial charge in [0.05, 0.1) is 23.7 Å². The maximum Gasteiger partial charge on any atom is 0.0766 e. The number of hydrogen-bond donors (Lipinski definition) is 1. The fraction of sp³-hybridized carbons (Fsp3) is 0.250. The molecule has 0 aliphatic carbocycles. The van der Waals surface area contributed by atoms with Gasteiger partial charge in [0.1, 0.15) is 0 Å². The molecule has 2 rings (SSSR count). The van der Waals surface area contributed by atoms with Gasteiger partial charge in [-0.15, -0.1) is 0 Å². The van der Waals surface area contributed by atoms with Gasteiger partial charge in [-0.1, -0.05) is 18.2 Å². The summed E-state index contributed by atoms with van der Waals surface area (Å²) in [6.07, 6.45) is 1.79. The van der Waals surface area contributed by atoms with Crippen molar-refractivity contribution in [3.8, 4) is 6.07 Å². The monoisotopic (exact) mass is 251 g/mol. The molecule has 2 aromatic rings. The Bertz CT molecular complexity index is 565. The van der Waals surface area contributed by atoms with Crippen LogP contribution < -0.4 is 5.32 Å². The first-order valence-electron chi connectivity index (χ1n) is 6.27. The highest BCUT2D eigenvalue weighted by molar-refractivity contribution is 5.47. The molecule has 0 unspecified atom stereocenters. The van der Waals surface area contributed by atoms with Crippen molar-refractivity contribution in [3.05, 3.63) is 59.9 Å². The van der Waals surface area contributed by atoms with Crippen LogP contribution in [0.15, 0.2) is 48.7 Å². The molecule has 0 spiro atoms. The van der Waals surface area contributed by atoms with E-state index in [1.165, 1.54) is 0 Å². The van der Waals surface area contributed by atoms with Crippen molar-refractivity contribution in [3.63, 3.8) is 0 Å². The molecule has 0 fully saturated rings. The van der Waals surface area contributed by atoms with E-state index in [1.807, 2.05) is 56.3 Å². The van der Waals surface area contributed by atoms with E-state index in [0.717, 1.165) is 16.9 Å². The second kappa shape index (κ2) is 5.53. The van der Waals surface area contributed by atoms with Crippen molar-refractivity contribution in [1.29, 1.82) is 5.26 Å².